The van der Waals surface area contributed by atoms with Crippen molar-refractivity contribution in [2.45, 2.75) is 26.8 Å². The van der Waals surface area contributed by atoms with Gasteiger partial charge in [0.05, 0.1) is 13.7 Å². The minimum Gasteiger partial charge on any atom is -0.464 e. The summed E-state index contributed by atoms with van der Waals surface area (Å²) >= 11 is 0. The van der Waals surface area contributed by atoms with Gasteiger partial charge in [0.15, 0.2) is 11.5 Å². The van der Waals surface area contributed by atoms with Gasteiger partial charge in [-0.3, -0.25) is 9.48 Å². The summed E-state index contributed by atoms with van der Waals surface area (Å²) in [5.74, 6) is -1.34. The van der Waals surface area contributed by atoms with Crippen LogP contribution in [-0.4, -0.2) is 41.2 Å². The molecule has 7 nitrogen and oxygen atoms in total. The Labute approximate surface area is 145 Å². The molecule has 0 aliphatic rings. The van der Waals surface area contributed by atoms with Gasteiger partial charge in [0.25, 0.3) is 0 Å². The number of ketones is 1. The molecule has 1 aromatic carbocycles. The maximum atomic E-state index is 12.3. The monoisotopic (exact) mass is 344 g/mol. The zero-order chi connectivity index (χ0) is 18.4. The smallest absolute Gasteiger partial charge is 0.358 e. The van der Waals surface area contributed by atoms with Gasteiger partial charge in [-0.25, -0.2) is 9.59 Å². The number of aryl methyl sites for hydroxylation is 2. The Morgan fingerprint density at radius 2 is 1.80 bits per heavy atom. The van der Waals surface area contributed by atoms with Crippen LogP contribution in [0.5, 0.6) is 0 Å². The third-order valence-electron chi connectivity index (χ3n) is 3.58. The van der Waals surface area contributed by atoms with Crippen molar-refractivity contribution >= 4 is 17.7 Å². The fourth-order valence-electron chi connectivity index (χ4n) is 2.25. The van der Waals surface area contributed by atoms with Gasteiger partial charge < -0.3 is 9.47 Å². The lowest BCUT2D eigenvalue weighted by molar-refractivity contribution is 0.0517. The molecule has 0 amide bonds. The summed E-state index contributed by atoms with van der Waals surface area (Å²) in [6.07, 6.45) is 0.136. The van der Waals surface area contributed by atoms with E-state index in [1.165, 1.54) is 17.9 Å². The first-order valence-corrected chi connectivity index (χ1v) is 7.89. The summed E-state index contributed by atoms with van der Waals surface area (Å²) in [5.41, 5.74) is 1.76. The van der Waals surface area contributed by atoms with Crippen molar-refractivity contribution in [3.63, 3.8) is 0 Å². The molecule has 1 heterocycles. The average Bonchev–Trinajstić information content (AvgIpc) is 3.04. The quantitative estimate of drug-likeness (QED) is 0.566. The molecule has 2 rings (SSSR count). The summed E-state index contributed by atoms with van der Waals surface area (Å²) in [7, 11) is 1.24. The minimum absolute atomic E-state index is 0.00466. The number of carbonyl (C=O) groups excluding carboxylic acids is 3. The van der Waals surface area contributed by atoms with E-state index in [9.17, 15) is 14.4 Å². The number of esters is 2. The highest BCUT2D eigenvalue weighted by Gasteiger charge is 2.21. The summed E-state index contributed by atoms with van der Waals surface area (Å²) in [4.78, 5) is 35.9. The first kappa shape index (κ1) is 18.4. The molecule has 0 bridgehead atoms. The van der Waals surface area contributed by atoms with E-state index in [1.807, 2.05) is 19.1 Å². The standard InChI is InChI=1S/C18H20N2O5/c1-4-25-17(22)14-11-15(18(23)24-3)20(19-14)10-9-16(21)13-7-5-12(2)6-8-13/h5-8,11H,4,9-10H2,1-3H3. The van der Waals surface area contributed by atoms with Gasteiger partial charge in [-0.05, 0) is 13.8 Å². The highest BCUT2D eigenvalue weighted by molar-refractivity contribution is 5.96. The molecular weight excluding hydrogens is 324 g/mol. The van der Waals surface area contributed by atoms with Crippen LogP contribution in [0, 0.1) is 6.92 Å². The Kier molecular flexibility index (Phi) is 6.05. The Morgan fingerprint density at radius 1 is 1.12 bits per heavy atom. The normalized spacial score (nSPS) is 10.4. The molecule has 0 saturated heterocycles. The van der Waals surface area contributed by atoms with Gasteiger partial charge in [0, 0.05) is 24.6 Å². The number of hydrogen-bond acceptors (Lipinski definition) is 6. The van der Waals surface area contributed by atoms with Gasteiger partial charge in [-0.2, -0.15) is 5.10 Å². The number of carbonyl (C=O) groups is 3. The van der Waals surface area contributed by atoms with Crippen LogP contribution in [0.1, 0.15) is 50.2 Å². The largest absolute Gasteiger partial charge is 0.464 e. The molecular formula is C18H20N2O5. The van der Waals surface area contributed by atoms with E-state index >= 15 is 0 Å². The summed E-state index contributed by atoms with van der Waals surface area (Å²) in [5, 5.41) is 4.07. The maximum Gasteiger partial charge on any atom is 0.358 e. The number of benzene rings is 1. The van der Waals surface area contributed by atoms with Crippen LogP contribution < -0.4 is 0 Å². The number of methoxy groups -OCH3 is 1. The average molecular weight is 344 g/mol. The number of rotatable bonds is 7. The maximum absolute atomic E-state index is 12.3. The van der Waals surface area contributed by atoms with E-state index in [1.54, 1.807) is 19.1 Å². The zero-order valence-corrected chi connectivity index (χ0v) is 14.4. The highest BCUT2D eigenvalue weighted by atomic mass is 16.5. The second-order valence-electron chi connectivity index (χ2n) is 5.39. The Hall–Kier alpha value is -2.96. The van der Waals surface area contributed by atoms with Crippen LogP contribution in [0.15, 0.2) is 30.3 Å². The fourth-order valence-corrected chi connectivity index (χ4v) is 2.25. The third-order valence-corrected chi connectivity index (χ3v) is 3.58. The van der Waals surface area contributed by atoms with Crippen LogP contribution >= 0.6 is 0 Å². The lowest BCUT2D eigenvalue weighted by Gasteiger charge is -2.06. The first-order valence-electron chi connectivity index (χ1n) is 7.89. The molecule has 0 aliphatic heterocycles. The predicted octanol–water partition coefficient (Wildman–Crippen LogP) is 2.43. The molecule has 25 heavy (non-hydrogen) atoms. The topological polar surface area (TPSA) is 87.5 Å². The van der Waals surface area contributed by atoms with Gasteiger partial charge in [-0.1, -0.05) is 29.8 Å². The Bertz CT molecular complexity index is 777. The van der Waals surface area contributed by atoms with Gasteiger partial charge >= 0.3 is 11.9 Å². The van der Waals surface area contributed by atoms with Crippen molar-refractivity contribution < 1.29 is 23.9 Å². The molecule has 0 unspecified atom stereocenters. The van der Waals surface area contributed by atoms with Crippen molar-refractivity contribution in [2.24, 2.45) is 0 Å². The molecule has 0 fully saturated rings. The van der Waals surface area contributed by atoms with Crippen molar-refractivity contribution in [2.75, 3.05) is 13.7 Å². The minimum atomic E-state index is -0.633. The zero-order valence-electron chi connectivity index (χ0n) is 14.4. The third kappa shape index (κ3) is 4.53. The predicted molar refractivity (Wildman–Crippen MR) is 89.6 cm³/mol. The Morgan fingerprint density at radius 3 is 2.40 bits per heavy atom. The SMILES string of the molecule is CCOC(=O)c1cc(C(=O)OC)n(CCC(=O)c2ccc(C)cc2)n1. The van der Waals surface area contributed by atoms with Crippen LogP contribution in [0.2, 0.25) is 0 Å². The van der Waals surface area contributed by atoms with Crippen molar-refractivity contribution in [3.8, 4) is 0 Å². The van der Waals surface area contributed by atoms with Crippen LogP contribution in [0.4, 0.5) is 0 Å². The Balaban J connectivity index is 2.16. The van der Waals surface area contributed by atoms with E-state index in [2.05, 4.69) is 5.10 Å². The molecule has 0 spiro atoms. The van der Waals surface area contributed by atoms with Gasteiger partial charge in [-0.15, -0.1) is 0 Å². The summed E-state index contributed by atoms with van der Waals surface area (Å²) in [6, 6.07) is 8.54. The van der Waals surface area contributed by atoms with E-state index in [0.717, 1.165) is 5.56 Å². The van der Waals surface area contributed by atoms with E-state index in [0.29, 0.717) is 5.56 Å². The molecule has 1 aromatic heterocycles. The van der Waals surface area contributed by atoms with E-state index in [4.69, 9.17) is 9.47 Å². The highest BCUT2D eigenvalue weighted by Crippen LogP contribution is 2.11. The molecule has 0 N–H and O–H groups in total. The van der Waals surface area contributed by atoms with Crippen molar-refractivity contribution in [1.29, 1.82) is 0 Å². The van der Waals surface area contributed by atoms with E-state index < -0.39 is 11.9 Å². The van der Waals surface area contributed by atoms with E-state index in [-0.39, 0.29) is 36.7 Å². The fraction of sp³-hybridized carbons (Fsp3) is 0.333. The first-order chi connectivity index (χ1) is 12.0. The molecule has 0 radical (unpaired) electrons. The number of ether oxygens (including phenoxy) is 2. The van der Waals surface area contributed by atoms with Crippen LogP contribution in [0.3, 0.4) is 0 Å². The van der Waals surface area contributed by atoms with Gasteiger partial charge in [0.2, 0.25) is 0 Å². The number of hydrogen-bond donors (Lipinski definition) is 0. The lowest BCUT2D eigenvalue weighted by atomic mass is 10.1. The molecule has 7 heteroatoms. The van der Waals surface area contributed by atoms with Crippen molar-refractivity contribution in [1.82, 2.24) is 9.78 Å². The molecule has 0 atom stereocenters. The summed E-state index contributed by atoms with van der Waals surface area (Å²) < 4.78 is 10.9. The number of Topliss-reactive ketones (excluding diaryl/α,β-unsaturated/α-hetero) is 1. The van der Waals surface area contributed by atoms with Crippen LogP contribution in [0.25, 0.3) is 0 Å². The van der Waals surface area contributed by atoms with Crippen molar-refractivity contribution in [3.05, 3.63) is 52.8 Å². The second-order valence-corrected chi connectivity index (χ2v) is 5.39. The number of nitrogens with zero attached hydrogens (tertiary/aromatic N) is 2. The molecule has 132 valence electrons. The molecule has 0 saturated carbocycles. The summed E-state index contributed by atoms with van der Waals surface area (Å²) in [6.45, 7) is 3.97. The molecule has 0 aliphatic carbocycles. The second kappa shape index (κ2) is 8.23. The lowest BCUT2D eigenvalue weighted by Crippen LogP contribution is -2.14. The van der Waals surface area contributed by atoms with Gasteiger partial charge in [0.1, 0.15) is 5.69 Å². The number of aromatic nitrogens is 2. The molecule has 2 aromatic rings. The van der Waals surface area contributed by atoms with Crippen LogP contribution in [-0.2, 0) is 16.0 Å².